The molecule has 132 valence electrons. The molecule has 2 saturated heterocycles. The Bertz CT molecular complexity index is 440. The van der Waals surface area contributed by atoms with Crippen LogP contribution in [-0.4, -0.2) is 91.9 Å². The summed E-state index contributed by atoms with van der Waals surface area (Å²) in [5.41, 5.74) is 0. The van der Waals surface area contributed by atoms with Crippen LogP contribution in [0.5, 0.6) is 0 Å². The van der Waals surface area contributed by atoms with Crippen LogP contribution < -0.4 is 0 Å². The molecule has 0 bridgehead atoms. The first-order valence-corrected chi connectivity index (χ1v) is 8.72. The van der Waals surface area contributed by atoms with E-state index in [9.17, 15) is 9.59 Å². The van der Waals surface area contributed by atoms with E-state index in [1.54, 1.807) is 19.0 Å². The van der Waals surface area contributed by atoms with Crippen LogP contribution >= 0.6 is 0 Å². The molecule has 2 fully saturated rings. The van der Waals surface area contributed by atoms with Crippen molar-refractivity contribution in [3.05, 3.63) is 0 Å². The van der Waals surface area contributed by atoms with Gasteiger partial charge < -0.3 is 19.6 Å². The van der Waals surface area contributed by atoms with E-state index in [2.05, 4.69) is 18.9 Å². The summed E-state index contributed by atoms with van der Waals surface area (Å²) < 4.78 is 0. The second-order valence-corrected chi connectivity index (χ2v) is 7.51. The predicted molar refractivity (Wildman–Crippen MR) is 91.2 cm³/mol. The number of nitrogens with zero attached hydrogens (tertiary/aromatic N) is 4. The van der Waals surface area contributed by atoms with Crippen molar-refractivity contribution in [3.8, 4) is 0 Å². The van der Waals surface area contributed by atoms with E-state index in [1.807, 2.05) is 16.8 Å². The minimum Gasteiger partial charge on any atom is -0.342 e. The van der Waals surface area contributed by atoms with Crippen molar-refractivity contribution in [1.82, 2.24) is 19.6 Å². The molecule has 6 nitrogen and oxygen atoms in total. The number of piperidine rings is 2. The van der Waals surface area contributed by atoms with Gasteiger partial charge >= 0.3 is 6.03 Å². The van der Waals surface area contributed by atoms with Crippen LogP contribution in [0.15, 0.2) is 0 Å². The molecule has 2 aliphatic heterocycles. The Hall–Kier alpha value is -1.30. The fourth-order valence-corrected chi connectivity index (χ4v) is 4.00. The molecule has 2 aliphatic rings. The zero-order chi connectivity index (χ0) is 17.1. The number of amides is 3. The van der Waals surface area contributed by atoms with Crippen molar-refractivity contribution >= 4 is 11.9 Å². The third-order valence-corrected chi connectivity index (χ3v) is 5.33. The molecular weight excluding hydrogens is 292 g/mol. The maximum Gasteiger partial charge on any atom is 0.319 e. The lowest BCUT2D eigenvalue weighted by molar-refractivity contribution is -0.139. The van der Waals surface area contributed by atoms with Gasteiger partial charge in [0.05, 0.1) is 5.92 Å². The van der Waals surface area contributed by atoms with Crippen molar-refractivity contribution in [2.75, 3.05) is 54.4 Å². The molecule has 0 aromatic heterocycles. The Morgan fingerprint density at radius 3 is 2.35 bits per heavy atom. The number of likely N-dealkylation sites (tertiary alicyclic amines) is 2. The van der Waals surface area contributed by atoms with Gasteiger partial charge in [-0.2, -0.15) is 0 Å². The fraction of sp³-hybridized carbons (Fsp3) is 0.882. The number of urea groups is 1. The van der Waals surface area contributed by atoms with Crippen LogP contribution in [0.1, 0.15) is 26.2 Å². The molecule has 0 radical (unpaired) electrons. The molecule has 3 amide bonds. The lowest BCUT2D eigenvalue weighted by Crippen LogP contribution is -2.54. The normalized spacial score (nSPS) is 29.3. The molecule has 0 spiro atoms. The lowest BCUT2D eigenvalue weighted by Gasteiger charge is -2.42. The van der Waals surface area contributed by atoms with Crippen molar-refractivity contribution in [3.63, 3.8) is 0 Å². The number of carbonyl (C=O) groups is 2. The quantitative estimate of drug-likeness (QED) is 0.766. The molecule has 0 aromatic carbocycles. The predicted octanol–water partition coefficient (Wildman–Crippen LogP) is 1.18. The van der Waals surface area contributed by atoms with E-state index in [-0.39, 0.29) is 17.9 Å². The van der Waals surface area contributed by atoms with Crippen molar-refractivity contribution in [2.45, 2.75) is 32.2 Å². The Kier molecular flexibility index (Phi) is 5.89. The summed E-state index contributed by atoms with van der Waals surface area (Å²) in [6.45, 7) is 5.63. The number of hydrogen-bond donors (Lipinski definition) is 0. The molecule has 0 aliphatic carbocycles. The summed E-state index contributed by atoms with van der Waals surface area (Å²) in [7, 11) is 7.61. The van der Waals surface area contributed by atoms with Crippen molar-refractivity contribution in [2.24, 2.45) is 11.8 Å². The van der Waals surface area contributed by atoms with Gasteiger partial charge in [0.15, 0.2) is 0 Å². The first-order valence-electron chi connectivity index (χ1n) is 8.72. The van der Waals surface area contributed by atoms with Crippen molar-refractivity contribution in [1.29, 1.82) is 0 Å². The molecule has 0 unspecified atom stereocenters. The van der Waals surface area contributed by atoms with E-state index in [4.69, 9.17) is 0 Å². The van der Waals surface area contributed by atoms with Crippen LogP contribution in [0.2, 0.25) is 0 Å². The van der Waals surface area contributed by atoms with Gasteiger partial charge in [0.2, 0.25) is 5.91 Å². The van der Waals surface area contributed by atoms with Gasteiger partial charge in [-0.1, -0.05) is 6.92 Å². The first-order chi connectivity index (χ1) is 10.8. The summed E-state index contributed by atoms with van der Waals surface area (Å²) in [6, 6.07) is 0.330. The zero-order valence-electron chi connectivity index (χ0n) is 15.3. The van der Waals surface area contributed by atoms with E-state index >= 15 is 0 Å². The van der Waals surface area contributed by atoms with Crippen LogP contribution in [-0.2, 0) is 4.79 Å². The number of carbonyl (C=O) groups excluding carboxylic acids is 2. The molecule has 23 heavy (non-hydrogen) atoms. The van der Waals surface area contributed by atoms with Gasteiger partial charge in [0.25, 0.3) is 0 Å². The summed E-state index contributed by atoms with van der Waals surface area (Å²) >= 11 is 0. The summed E-state index contributed by atoms with van der Waals surface area (Å²) in [5, 5.41) is 0. The number of rotatable bonds is 2. The average Bonchev–Trinajstić information content (AvgIpc) is 2.53. The zero-order valence-corrected chi connectivity index (χ0v) is 15.3. The Morgan fingerprint density at radius 1 is 1.04 bits per heavy atom. The monoisotopic (exact) mass is 324 g/mol. The third-order valence-electron chi connectivity index (χ3n) is 5.33. The summed E-state index contributed by atoms with van der Waals surface area (Å²) in [4.78, 5) is 32.8. The molecule has 0 N–H and O–H groups in total. The maximum absolute atomic E-state index is 12.9. The van der Waals surface area contributed by atoms with Crippen LogP contribution in [0, 0.1) is 11.8 Å². The number of hydrogen-bond acceptors (Lipinski definition) is 3. The minimum atomic E-state index is -0.0514. The fourth-order valence-electron chi connectivity index (χ4n) is 4.00. The molecule has 0 saturated carbocycles. The minimum absolute atomic E-state index is 0.0119. The average molecular weight is 324 g/mol. The largest absolute Gasteiger partial charge is 0.342 e. The van der Waals surface area contributed by atoms with Crippen molar-refractivity contribution < 1.29 is 9.59 Å². The SMILES string of the molecule is C[C@@H]1CN(C)CC[C@H]1N(C)C(=O)[C@H]1CCCN(C(=O)N(C)C)C1. The van der Waals surface area contributed by atoms with Gasteiger partial charge in [0.1, 0.15) is 0 Å². The van der Waals surface area contributed by atoms with Gasteiger partial charge in [0, 0.05) is 46.8 Å². The highest BCUT2D eigenvalue weighted by atomic mass is 16.2. The highest BCUT2D eigenvalue weighted by molar-refractivity contribution is 5.81. The van der Waals surface area contributed by atoms with Gasteiger partial charge in [-0.3, -0.25) is 4.79 Å². The first kappa shape index (κ1) is 18.0. The third kappa shape index (κ3) is 4.16. The highest BCUT2D eigenvalue weighted by Gasteiger charge is 2.35. The van der Waals surface area contributed by atoms with E-state index < -0.39 is 0 Å². The van der Waals surface area contributed by atoms with E-state index in [0.717, 1.165) is 38.9 Å². The molecule has 6 heteroatoms. The summed E-state index contributed by atoms with van der Waals surface area (Å²) in [6.07, 6.45) is 2.83. The Balaban J connectivity index is 1.97. The highest BCUT2D eigenvalue weighted by Crippen LogP contribution is 2.25. The molecule has 3 atom stereocenters. The lowest BCUT2D eigenvalue weighted by atomic mass is 9.90. The van der Waals surface area contributed by atoms with Gasteiger partial charge in [-0.15, -0.1) is 0 Å². The molecular formula is C17H32N4O2. The van der Waals surface area contributed by atoms with Crippen LogP contribution in [0.3, 0.4) is 0 Å². The van der Waals surface area contributed by atoms with Gasteiger partial charge in [-0.25, -0.2) is 4.79 Å². The summed E-state index contributed by atoms with van der Waals surface area (Å²) in [5.74, 6) is 0.651. The van der Waals surface area contributed by atoms with Crippen LogP contribution in [0.25, 0.3) is 0 Å². The van der Waals surface area contributed by atoms with Crippen LogP contribution in [0.4, 0.5) is 4.79 Å². The standard InChI is InChI=1S/C17H32N4O2/c1-13-11-19(4)10-8-15(13)20(5)16(22)14-7-6-9-21(12-14)17(23)18(2)3/h13-15H,6-12H2,1-5H3/t13-,14+,15-/m1/s1. The Labute approximate surface area is 140 Å². The molecule has 0 aromatic rings. The van der Waals surface area contributed by atoms with Gasteiger partial charge in [-0.05, 0) is 38.8 Å². The smallest absolute Gasteiger partial charge is 0.319 e. The molecule has 2 rings (SSSR count). The Morgan fingerprint density at radius 2 is 1.74 bits per heavy atom. The second-order valence-electron chi connectivity index (χ2n) is 7.51. The second kappa shape index (κ2) is 7.51. The van der Waals surface area contributed by atoms with E-state index in [1.165, 1.54) is 0 Å². The maximum atomic E-state index is 12.9. The topological polar surface area (TPSA) is 47.1 Å². The van der Waals surface area contributed by atoms with E-state index in [0.29, 0.717) is 18.5 Å². The molecule has 2 heterocycles.